The number of rotatable bonds is 3. The Hall–Kier alpha value is -1.94. The predicted molar refractivity (Wildman–Crippen MR) is 80.4 cm³/mol. The number of aryl methyl sites for hydroxylation is 1. The summed E-state index contributed by atoms with van der Waals surface area (Å²) in [5.41, 5.74) is 5.18. The third-order valence-electron chi connectivity index (χ3n) is 2.51. The van der Waals surface area contributed by atoms with E-state index in [1.54, 1.807) is 18.3 Å². The zero-order valence-electron chi connectivity index (χ0n) is 10.4. The van der Waals surface area contributed by atoms with E-state index in [0.717, 1.165) is 15.6 Å². The highest BCUT2D eigenvalue weighted by molar-refractivity contribution is 9.10. The van der Waals surface area contributed by atoms with Gasteiger partial charge in [-0.2, -0.15) is 5.10 Å². The van der Waals surface area contributed by atoms with Gasteiger partial charge in [-0.25, -0.2) is 5.43 Å². The van der Waals surface area contributed by atoms with Gasteiger partial charge >= 0.3 is 0 Å². The molecule has 0 bridgehead atoms. The molecule has 0 aliphatic carbocycles. The van der Waals surface area contributed by atoms with Gasteiger partial charge in [0.05, 0.1) is 6.21 Å². The van der Waals surface area contributed by atoms with Crippen molar-refractivity contribution in [3.8, 4) is 0 Å². The van der Waals surface area contributed by atoms with E-state index < -0.39 is 0 Å². The summed E-state index contributed by atoms with van der Waals surface area (Å²) in [6, 6.07) is 15.1. The van der Waals surface area contributed by atoms with Crippen LogP contribution in [0.5, 0.6) is 0 Å². The zero-order chi connectivity index (χ0) is 13.7. The van der Waals surface area contributed by atoms with Crippen LogP contribution >= 0.6 is 15.9 Å². The third-order valence-corrected chi connectivity index (χ3v) is 3.00. The molecule has 3 nitrogen and oxygen atoms in total. The van der Waals surface area contributed by atoms with Crippen molar-refractivity contribution in [3.05, 3.63) is 69.7 Å². The van der Waals surface area contributed by atoms with Crippen LogP contribution in [0.15, 0.2) is 58.1 Å². The average Bonchev–Trinajstić information content (AvgIpc) is 2.38. The van der Waals surface area contributed by atoms with Crippen LogP contribution in [-0.2, 0) is 0 Å². The molecule has 0 unspecified atom stereocenters. The Morgan fingerprint density at radius 1 is 1.21 bits per heavy atom. The molecule has 1 amide bonds. The quantitative estimate of drug-likeness (QED) is 0.683. The molecule has 0 atom stereocenters. The molecule has 0 radical (unpaired) electrons. The van der Waals surface area contributed by atoms with E-state index in [-0.39, 0.29) is 5.91 Å². The molecular weight excluding hydrogens is 304 g/mol. The summed E-state index contributed by atoms with van der Waals surface area (Å²) in [5, 5.41) is 3.95. The van der Waals surface area contributed by atoms with Crippen LogP contribution in [0.25, 0.3) is 0 Å². The second-order valence-corrected chi connectivity index (χ2v) is 5.04. The maximum atomic E-state index is 11.8. The Morgan fingerprint density at radius 2 is 2.00 bits per heavy atom. The number of nitrogens with one attached hydrogen (secondary N) is 1. The average molecular weight is 317 g/mol. The van der Waals surface area contributed by atoms with Gasteiger partial charge in [-0.15, -0.1) is 0 Å². The second-order valence-electron chi connectivity index (χ2n) is 4.12. The van der Waals surface area contributed by atoms with Crippen molar-refractivity contribution in [2.75, 3.05) is 0 Å². The van der Waals surface area contributed by atoms with Crippen LogP contribution in [0.1, 0.15) is 21.5 Å². The van der Waals surface area contributed by atoms with Gasteiger partial charge in [0.1, 0.15) is 0 Å². The second kappa shape index (κ2) is 6.29. The fraction of sp³-hybridized carbons (Fsp3) is 0.0667. The van der Waals surface area contributed by atoms with Crippen LogP contribution in [0.3, 0.4) is 0 Å². The van der Waals surface area contributed by atoms with Gasteiger partial charge < -0.3 is 0 Å². The lowest BCUT2D eigenvalue weighted by Crippen LogP contribution is -2.17. The molecule has 96 valence electrons. The number of hydrazone groups is 1. The zero-order valence-corrected chi connectivity index (χ0v) is 12.0. The Morgan fingerprint density at radius 3 is 2.74 bits per heavy atom. The molecule has 4 heteroatoms. The van der Waals surface area contributed by atoms with E-state index in [9.17, 15) is 4.79 Å². The predicted octanol–water partition coefficient (Wildman–Crippen LogP) is 3.52. The summed E-state index contributed by atoms with van der Waals surface area (Å²) >= 11 is 3.32. The molecule has 0 saturated carbocycles. The van der Waals surface area contributed by atoms with Crippen LogP contribution < -0.4 is 5.43 Å². The summed E-state index contributed by atoms with van der Waals surface area (Å²) in [7, 11) is 0. The van der Waals surface area contributed by atoms with Crippen molar-refractivity contribution in [1.29, 1.82) is 0 Å². The summed E-state index contributed by atoms with van der Waals surface area (Å²) in [5.74, 6) is -0.231. The van der Waals surface area contributed by atoms with Gasteiger partial charge in [-0.05, 0) is 30.7 Å². The molecule has 0 aliphatic heterocycles. The maximum absolute atomic E-state index is 11.8. The van der Waals surface area contributed by atoms with E-state index in [1.165, 1.54) is 0 Å². The molecule has 19 heavy (non-hydrogen) atoms. The Bertz CT molecular complexity index is 623. The molecule has 0 aliphatic rings. The molecule has 0 fully saturated rings. The SMILES string of the molecule is Cc1cccc(/C=N\NC(=O)c2cccc(Br)c2)c1. The smallest absolute Gasteiger partial charge is 0.267 e. The lowest BCUT2D eigenvalue weighted by Gasteiger charge is -2.00. The first-order valence-electron chi connectivity index (χ1n) is 5.81. The number of nitrogens with zero attached hydrogens (tertiary/aromatic N) is 1. The van der Waals surface area contributed by atoms with Crippen LogP contribution in [0.2, 0.25) is 0 Å². The largest absolute Gasteiger partial charge is 0.271 e. The van der Waals surface area contributed by atoms with Gasteiger partial charge in [0.15, 0.2) is 0 Å². The van der Waals surface area contributed by atoms with Gasteiger partial charge in [0.2, 0.25) is 0 Å². The molecule has 0 aromatic heterocycles. The standard InChI is InChI=1S/C15H13BrN2O/c1-11-4-2-5-12(8-11)10-17-18-15(19)13-6-3-7-14(16)9-13/h2-10H,1H3,(H,18,19)/b17-10-. The van der Waals surface area contributed by atoms with Crippen molar-refractivity contribution < 1.29 is 4.79 Å². The van der Waals surface area contributed by atoms with Gasteiger partial charge in [0, 0.05) is 10.0 Å². The van der Waals surface area contributed by atoms with Crippen molar-refractivity contribution in [3.63, 3.8) is 0 Å². The van der Waals surface area contributed by atoms with Gasteiger partial charge in [0.25, 0.3) is 5.91 Å². The molecule has 1 N–H and O–H groups in total. The maximum Gasteiger partial charge on any atom is 0.271 e. The third kappa shape index (κ3) is 4.03. The Labute approximate surface area is 120 Å². The number of hydrogen-bond donors (Lipinski definition) is 1. The van der Waals surface area contributed by atoms with Crippen molar-refractivity contribution in [2.24, 2.45) is 5.10 Å². The number of carbonyl (C=O) groups is 1. The van der Waals surface area contributed by atoms with Gasteiger partial charge in [-0.1, -0.05) is 51.8 Å². The minimum Gasteiger partial charge on any atom is -0.267 e. The molecule has 0 saturated heterocycles. The fourth-order valence-corrected chi connectivity index (χ4v) is 2.01. The number of hydrogen-bond acceptors (Lipinski definition) is 2. The van der Waals surface area contributed by atoms with Crippen LogP contribution in [0.4, 0.5) is 0 Å². The van der Waals surface area contributed by atoms with Crippen molar-refractivity contribution in [2.45, 2.75) is 6.92 Å². The fourth-order valence-electron chi connectivity index (χ4n) is 1.61. The first-order valence-corrected chi connectivity index (χ1v) is 6.60. The highest BCUT2D eigenvalue weighted by atomic mass is 79.9. The minimum absolute atomic E-state index is 0.231. The summed E-state index contributed by atoms with van der Waals surface area (Å²) < 4.78 is 0.864. The highest BCUT2D eigenvalue weighted by Crippen LogP contribution is 2.11. The Kier molecular flexibility index (Phi) is 4.47. The summed E-state index contributed by atoms with van der Waals surface area (Å²) in [4.78, 5) is 11.8. The normalized spacial score (nSPS) is 10.6. The summed E-state index contributed by atoms with van der Waals surface area (Å²) in [6.45, 7) is 2.01. The lowest BCUT2D eigenvalue weighted by molar-refractivity contribution is 0.0955. The highest BCUT2D eigenvalue weighted by Gasteiger charge is 2.03. The lowest BCUT2D eigenvalue weighted by atomic mass is 10.2. The topological polar surface area (TPSA) is 41.5 Å². The molecule has 0 heterocycles. The molecule has 2 aromatic rings. The number of halogens is 1. The summed E-state index contributed by atoms with van der Waals surface area (Å²) in [6.07, 6.45) is 1.63. The van der Waals surface area contributed by atoms with E-state index >= 15 is 0 Å². The molecule has 2 rings (SSSR count). The van der Waals surface area contributed by atoms with Crippen LogP contribution in [-0.4, -0.2) is 12.1 Å². The van der Waals surface area contributed by atoms with Gasteiger partial charge in [-0.3, -0.25) is 4.79 Å². The first-order chi connectivity index (χ1) is 9.15. The van der Waals surface area contributed by atoms with E-state index in [0.29, 0.717) is 5.56 Å². The monoisotopic (exact) mass is 316 g/mol. The van der Waals surface area contributed by atoms with Crippen molar-refractivity contribution in [1.82, 2.24) is 5.43 Å². The van der Waals surface area contributed by atoms with Crippen molar-refractivity contribution >= 4 is 28.1 Å². The Balaban J connectivity index is 2.01. The molecule has 0 spiro atoms. The van der Waals surface area contributed by atoms with E-state index in [4.69, 9.17) is 0 Å². The minimum atomic E-state index is -0.231. The van der Waals surface area contributed by atoms with E-state index in [1.807, 2.05) is 43.3 Å². The van der Waals surface area contributed by atoms with Crippen LogP contribution in [0, 0.1) is 6.92 Å². The number of amides is 1. The number of benzene rings is 2. The van der Waals surface area contributed by atoms with E-state index in [2.05, 4.69) is 26.5 Å². The molecular formula is C15H13BrN2O. The first kappa shape index (κ1) is 13.5. The molecule has 2 aromatic carbocycles. The number of carbonyl (C=O) groups excluding carboxylic acids is 1.